The Bertz CT molecular complexity index is 560. The maximum atomic E-state index is 12.1. The van der Waals surface area contributed by atoms with Crippen LogP contribution in [0.15, 0.2) is 18.2 Å². The third-order valence-corrected chi connectivity index (χ3v) is 3.94. The van der Waals surface area contributed by atoms with E-state index < -0.39 is 0 Å². The summed E-state index contributed by atoms with van der Waals surface area (Å²) in [5, 5.41) is -0.129. The number of imide groups is 1. The molecule has 1 aliphatic heterocycles. The minimum atomic E-state index is -0.238. The Kier molecular flexibility index (Phi) is 3.92. The molecule has 1 aromatic rings. The van der Waals surface area contributed by atoms with E-state index in [9.17, 15) is 9.59 Å². The van der Waals surface area contributed by atoms with Gasteiger partial charge in [0.15, 0.2) is 0 Å². The Labute approximate surface area is 124 Å². The Morgan fingerprint density at radius 1 is 1.30 bits per heavy atom. The molecule has 0 N–H and O–H groups in total. The maximum absolute atomic E-state index is 12.1. The number of likely N-dealkylation sites (N-methyl/N-ethyl adjacent to an activating group) is 1. The molecule has 20 heavy (non-hydrogen) atoms. The maximum Gasteiger partial charge on any atom is 0.260 e. The Hall–Kier alpha value is -1.35. The second-order valence-electron chi connectivity index (χ2n) is 6.58. The monoisotopic (exact) mass is 293 g/mol. The first kappa shape index (κ1) is 15.0. The molecule has 1 atom stereocenters. The second-order valence-corrected chi connectivity index (χ2v) is 7.11. The van der Waals surface area contributed by atoms with Crippen molar-refractivity contribution in [1.82, 2.24) is 4.90 Å². The van der Waals surface area contributed by atoms with E-state index in [2.05, 4.69) is 20.8 Å². The number of benzene rings is 1. The van der Waals surface area contributed by atoms with E-state index in [0.29, 0.717) is 5.56 Å². The first-order valence-corrected chi connectivity index (χ1v) is 7.20. The van der Waals surface area contributed by atoms with Gasteiger partial charge in [-0.25, -0.2) is 0 Å². The molecule has 108 valence electrons. The molecule has 1 aliphatic rings. The van der Waals surface area contributed by atoms with Gasteiger partial charge >= 0.3 is 0 Å². The fourth-order valence-electron chi connectivity index (χ4n) is 2.37. The predicted molar refractivity (Wildman–Crippen MR) is 79.9 cm³/mol. The first-order chi connectivity index (χ1) is 9.19. The SMILES string of the molecule is CN1C(=O)Cc2ccc(C(Cl)CC(C)(C)C)cc2C1=O. The number of carbonyl (C=O) groups excluding carboxylic acids is 2. The first-order valence-electron chi connectivity index (χ1n) is 6.77. The molecule has 4 heteroatoms. The van der Waals surface area contributed by atoms with Crippen LogP contribution in [0.3, 0.4) is 0 Å². The molecule has 0 aromatic heterocycles. The Balaban J connectivity index is 2.33. The minimum Gasteiger partial charge on any atom is -0.281 e. The summed E-state index contributed by atoms with van der Waals surface area (Å²) in [5.74, 6) is -0.398. The van der Waals surface area contributed by atoms with Gasteiger partial charge < -0.3 is 0 Å². The zero-order chi connectivity index (χ0) is 15.1. The van der Waals surface area contributed by atoms with E-state index in [1.807, 2.05) is 18.2 Å². The fraction of sp³-hybridized carbons (Fsp3) is 0.500. The minimum absolute atomic E-state index is 0.124. The van der Waals surface area contributed by atoms with Crippen LogP contribution in [0.25, 0.3) is 0 Å². The zero-order valence-corrected chi connectivity index (χ0v) is 13.1. The van der Waals surface area contributed by atoms with Crippen LogP contribution in [-0.2, 0) is 11.2 Å². The van der Waals surface area contributed by atoms with Crippen molar-refractivity contribution < 1.29 is 9.59 Å². The van der Waals surface area contributed by atoms with Crippen LogP contribution in [-0.4, -0.2) is 23.8 Å². The van der Waals surface area contributed by atoms with Crippen LogP contribution < -0.4 is 0 Å². The highest BCUT2D eigenvalue weighted by molar-refractivity contribution is 6.21. The fourth-order valence-corrected chi connectivity index (χ4v) is 2.97. The van der Waals surface area contributed by atoms with Crippen LogP contribution in [0.5, 0.6) is 0 Å². The lowest BCUT2D eigenvalue weighted by molar-refractivity contribution is -0.127. The predicted octanol–water partition coefficient (Wildman–Crippen LogP) is 3.56. The van der Waals surface area contributed by atoms with Crippen molar-refractivity contribution in [3.05, 3.63) is 34.9 Å². The summed E-state index contributed by atoms with van der Waals surface area (Å²) < 4.78 is 0. The number of hydrogen-bond acceptors (Lipinski definition) is 2. The zero-order valence-electron chi connectivity index (χ0n) is 12.4. The molecule has 2 rings (SSSR count). The van der Waals surface area contributed by atoms with Crippen molar-refractivity contribution in [1.29, 1.82) is 0 Å². The number of hydrogen-bond donors (Lipinski definition) is 0. The van der Waals surface area contributed by atoms with Crippen LogP contribution in [0.4, 0.5) is 0 Å². The summed E-state index contributed by atoms with van der Waals surface area (Å²) in [6.07, 6.45) is 1.11. The summed E-state index contributed by atoms with van der Waals surface area (Å²) in [6.45, 7) is 6.41. The van der Waals surface area contributed by atoms with Crippen molar-refractivity contribution in [2.24, 2.45) is 5.41 Å². The number of alkyl halides is 1. The number of nitrogens with zero attached hydrogens (tertiary/aromatic N) is 1. The lowest BCUT2D eigenvalue weighted by Crippen LogP contribution is -2.39. The number of amides is 2. The molecular formula is C16H20ClNO2. The highest BCUT2D eigenvalue weighted by atomic mass is 35.5. The van der Waals surface area contributed by atoms with Gasteiger partial charge in [-0.15, -0.1) is 11.6 Å². The molecule has 0 saturated heterocycles. The normalized spacial score (nSPS) is 17.1. The third-order valence-electron chi connectivity index (χ3n) is 3.54. The van der Waals surface area contributed by atoms with Crippen molar-refractivity contribution >= 4 is 23.4 Å². The summed E-state index contributed by atoms with van der Waals surface area (Å²) in [6, 6.07) is 5.61. The van der Waals surface area contributed by atoms with Gasteiger partial charge in [0.05, 0.1) is 11.8 Å². The molecule has 1 aromatic carbocycles. The van der Waals surface area contributed by atoms with Gasteiger partial charge in [0.1, 0.15) is 0 Å². The average Bonchev–Trinajstić information content (AvgIpc) is 2.34. The van der Waals surface area contributed by atoms with Crippen molar-refractivity contribution in [3.8, 4) is 0 Å². The highest BCUT2D eigenvalue weighted by Crippen LogP contribution is 2.35. The molecule has 0 fully saturated rings. The molecule has 0 radical (unpaired) electrons. The molecule has 3 nitrogen and oxygen atoms in total. The highest BCUT2D eigenvalue weighted by Gasteiger charge is 2.29. The van der Waals surface area contributed by atoms with Crippen LogP contribution >= 0.6 is 11.6 Å². The van der Waals surface area contributed by atoms with E-state index in [0.717, 1.165) is 17.5 Å². The van der Waals surface area contributed by atoms with Gasteiger partial charge in [-0.3, -0.25) is 14.5 Å². The largest absolute Gasteiger partial charge is 0.281 e. The van der Waals surface area contributed by atoms with Gasteiger partial charge in [0.25, 0.3) is 5.91 Å². The molecule has 0 saturated carbocycles. The van der Waals surface area contributed by atoms with Crippen LogP contribution in [0, 0.1) is 5.41 Å². The molecule has 1 unspecified atom stereocenters. The molecule has 0 bridgehead atoms. The summed E-state index contributed by atoms with van der Waals surface area (Å²) >= 11 is 6.45. The summed E-state index contributed by atoms with van der Waals surface area (Å²) in [4.78, 5) is 25.0. The Morgan fingerprint density at radius 3 is 2.55 bits per heavy atom. The van der Waals surface area contributed by atoms with E-state index >= 15 is 0 Å². The number of rotatable bonds is 2. The van der Waals surface area contributed by atoms with E-state index in [4.69, 9.17) is 11.6 Å². The number of carbonyl (C=O) groups is 2. The lowest BCUT2D eigenvalue weighted by atomic mass is 9.87. The van der Waals surface area contributed by atoms with E-state index in [1.54, 1.807) is 0 Å². The molecular weight excluding hydrogens is 274 g/mol. The average molecular weight is 294 g/mol. The molecule has 1 heterocycles. The van der Waals surface area contributed by atoms with Crippen molar-refractivity contribution in [3.63, 3.8) is 0 Å². The van der Waals surface area contributed by atoms with Gasteiger partial charge in [-0.1, -0.05) is 32.9 Å². The van der Waals surface area contributed by atoms with Gasteiger partial charge in [0.2, 0.25) is 5.91 Å². The summed E-state index contributed by atoms with van der Waals surface area (Å²) in [7, 11) is 1.52. The Morgan fingerprint density at radius 2 is 1.95 bits per heavy atom. The molecule has 0 aliphatic carbocycles. The van der Waals surface area contributed by atoms with E-state index in [-0.39, 0.29) is 29.0 Å². The quantitative estimate of drug-likeness (QED) is 0.617. The molecule has 0 spiro atoms. The summed E-state index contributed by atoms with van der Waals surface area (Å²) in [5.41, 5.74) is 2.46. The van der Waals surface area contributed by atoms with Gasteiger partial charge in [0, 0.05) is 12.6 Å². The van der Waals surface area contributed by atoms with E-state index in [1.165, 1.54) is 11.9 Å². The second kappa shape index (κ2) is 5.21. The third kappa shape index (κ3) is 3.04. The van der Waals surface area contributed by atoms with Crippen molar-refractivity contribution in [2.75, 3.05) is 7.05 Å². The standard InChI is InChI=1S/C16H20ClNO2/c1-16(2,3)9-13(17)11-6-5-10-8-14(19)18(4)15(20)12(10)7-11/h5-7,13H,8-9H2,1-4H3. The van der Waals surface area contributed by atoms with Gasteiger partial charge in [-0.05, 0) is 29.0 Å². The van der Waals surface area contributed by atoms with Crippen LogP contribution in [0.1, 0.15) is 54.1 Å². The van der Waals surface area contributed by atoms with Gasteiger partial charge in [-0.2, -0.15) is 0 Å². The van der Waals surface area contributed by atoms with Crippen molar-refractivity contribution in [2.45, 2.75) is 39.0 Å². The number of halogens is 1. The number of fused-ring (bicyclic) bond motifs is 1. The lowest BCUT2D eigenvalue weighted by Gasteiger charge is -2.26. The smallest absolute Gasteiger partial charge is 0.260 e. The van der Waals surface area contributed by atoms with Crippen LogP contribution in [0.2, 0.25) is 0 Å². The molecule has 2 amide bonds. The topological polar surface area (TPSA) is 37.4 Å².